The Balaban J connectivity index is 0.00000400. The number of rotatable bonds is 10. The van der Waals surface area contributed by atoms with Crippen LogP contribution in [0.5, 0.6) is 0 Å². The third-order valence-electron chi connectivity index (χ3n) is 3.05. The van der Waals surface area contributed by atoms with Crippen molar-refractivity contribution in [1.82, 2.24) is 10.6 Å². The van der Waals surface area contributed by atoms with Crippen LogP contribution in [0.2, 0.25) is 0 Å². The number of ether oxygens (including phenoxy) is 1. The van der Waals surface area contributed by atoms with E-state index in [0.29, 0.717) is 13.2 Å². The second kappa shape index (κ2) is 12.0. The van der Waals surface area contributed by atoms with Crippen LogP contribution in [0.25, 0.3) is 0 Å². The molecule has 6 heteroatoms. The zero-order chi connectivity index (χ0) is 14.8. The van der Waals surface area contributed by atoms with E-state index in [4.69, 9.17) is 4.74 Å². The number of nitrogens with one attached hydrogen (secondary N) is 2. The van der Waals surface area contributed by atoms with E-state index in [2.05, 4.69) is 24.5 Å². The molecular weight excluding hydrogens is 308 g/mol. The number of amides is 1. The van der Waals surface area contributed by atoms with Gasteiger partial charge in [-0.1, -0.05) is 20.3 Å². The first kappa shape index (κ1) is 20.4. The summed E-state index contributed by atoms with van der Waals surface area (Å²) >= 11 is 1.64. The zero-order valence-electron chi connectivity index (χ0n) is 13.2. The molecule has 1 amide bonds. The SMILES string of the molecule is CCCc1sc(C(=O)NCCNCCOC)cc1CC.Cl. The molecule has 21 heavy (non-hydrogen) atoms. The molecule has 0 aliphatic rings. The van der Waals surface area contributed by atoms with Gasteiger partial charge in [0.2, 0.25) is 0 Å². The molecule has 0 aliphatic carbocycles. The van der Waals surface area contributed by atoms with Gasteiger partial charge in [-0.3, -0.25) is 4.79 Å². The molecule has 4 nitrogen and oxygen atoms in total. The van der Waals surface area contributed by atoms with Gasteiger partial charge in [0, 0.05) is 31.6 Å². The van der Waals surface area contributed by atoms with Gasteiger partial charge in [0.15, 0.2) is 0 Å². The minimum absolute atomic E-state index is 0. The van der Waals surface area contributed by atoms with Gasteiger partial charge in [0.05, 0.1) is 11.5 Å². The summed E-state index contributed by atoms with van der Waals surface area (Å²) in [5, 5.41) is 6.16. The standard InChI is InChI=1S/C15H26N2O2S.ClH/c1-4-6-13-12(5-2)11-14(20-13)15(18)17-8-7-16-9-10-19-3;/h11,16H,4-10H2,1-3H3,(H,17,18);1H. The highest BCUT2D eigenvalue weighted by Crippen LogP contribution is 2.24. The Morgan fingerprint density at radius 1 is 1.29 bits per heavy atom. The lowest BCUT2D eigenvalue weighted by atomic mass is 10.1. The number of carbonyl (C=O) groups is 1. The Hall–Kier alpha value is -0.620. The maximum absolute atomic E-state index is 12.1. The Bertz CT molecular complexity index is 410. The summed E-state index contributed by atoms with van der Waals surface area (Å²) in [4.78, 5) is 14.3. The fraction of sp³-hybridized carbons (Fsp3) is 0.667. The summed E-state index contributed by atoms with van der Waals surface area (Å²) in [6, 6.07) is 2.04. The van der Waals surface area contributed by atoms with Crippen molar-refractivity contribution in [3.05, 3.63) is 21.4 Å². The molecule has 0 spiro atoms. The predicted octanol–water partition coefficient (Wildman–Crippen LogP) is 2.65. The van der Waals surface area contributed by atoms with Crippen LogP contribution in [-0.4, -0.2) is 39.3 Å². The van der Waals surface area contributed by atoms with Crippen molar-refractivity contribution in [3.63, 3.8) is 0 Å². The van der Waals surface area contributed by atoms with Crippen LogP contribution >= 0.6 is 23.7 Å². The molecule has 0 aliphatic heterocycles. The van der Waals surface area contributed by atoms with Gasteiger partial charge in [-0.05, 0) is 24.5 Å². The molecule has 0 radical (unpaired) electrons. The van der Waals surface area contributed by atoms with Gasteiger partial charge in [-0.2, -0.15) is 0 Å². The van der Waals surface area contributed by atoms with E-state index in [9.17, 15) is 4.79 Å². The molecule has 0 aromatic carbocycles. The smallest absolute Gasteiger partial charge is 0.261 e. The molecular formula is C15H27ClN2O2S. The molecule has 1 rings (SSSR count). The first-order valence-corrected chi connectivity index (χ1v) is 8.14. The van der Waals surface area contributed by atoms with Crippen molar-refractivity contribution >= 4 is 29.7 Å². The van der Waals surface area contributed by atoms with Crippen LogP contribution in [-0.2, 0) is 17.6 Å². The van der Waals surface area contributed by atoms with Crippen molar-refractivity contribution in [1.29, 1.82) is 0 Å². The van der Waals surface area contributed by atoms with Gasteiger partial charge in [0.1, 0.15) is 0 Å². The number of hydrogen-bond donors (Lipinski definition) is 2. The molecule has 0 fully saturated rings. The summed E-state index contributed by atoms with van der Waals surface area (Å²) in [7, 11) is 1.68. The Morgan fingerprint density at radius 3 is 2.67 bits per heavy atom. The number of methoxy groups -OCH3 is 1. The van der Waals surface area contributed by atoms with Crippen LogP contribution in [0.1, 0.15) is 40.4 Å². The molecule has 122 valence electrons. The summed E-state index contributed by atoms with van der Waals surface area (Å²) in [6.07, 6.45) is 3.19. The van der Waals surface area contributed by atoms with Crippen molar-refractivity contribution in [2.75, 3.05) is 33.4 Å². The number of hydrogen-bond acceptors (Lipinski definition) is 4. The van der Waals surface area contributed by atoms with Crippen LogP contribution < -0.4 is 10.6 Å². The van der Waals surface area contributed by atoms with E-state index in [1.807, 2.05) is 6.07 Å². The quantitative estimate of drug-likeness (QED) is 0.647. The molecule has 0 saturated carbocycles. The summed E-state index contributed by atoms with van der Waals surface area (Å²) in [6.45, 7) is 7.23. The third kappa shape index (κ3) is 7.27. The highest BCUT2D eigenvalue weighted by Gasteiger charge is 2.12. The van der Waals surface area contributed by atoms with Gasteiger partial charge in [-0.25, -0.2) is 0 Å². The molecule has 2 N–H and O–H groups in total. The second-order valence-electron chi connectivity index (χ2n) is 4.66. The largest absolute Gasteiger partial charge is 0.383 e. The van der Waals surface area contributed by atoms with Crippen molar-refractivity contribution < 1.29 is 9.53 Å². The highest BCUT2D eigenvalue weighted by atomic mass is 35.5. The molecule has 0 atom stereocenters. The fourth-order valence-corrected chi connectivity index (χ4v) is 3.24. The van der Waals surface area contributed by atoms with Crippen LogP contribution in [0.3, 0.4) is 0 Å². The summed E-state index contributed by atoms with van der Waals surface area (Å²) < 4.78 is 4.94. The Kier molecular flexibility index (Phi) is 11.6. The zero-order valence-corrected chi connectivity index (χ0v) is 14.8. The van der Waals surface area contributed by atoms with Crippen LogP contribution in [0.15, 0.2) is 6.07 Å². The van der Waals surface area contributed by atoms with Crippen molar-refractivity contribution in [2.24, 2.45) is 0 Å². The molecule has 1 aromatic heterocycles. The molecule has 0 bridgehead atoms. The summed E-state index contributed by atoms with van der Waals surface area (Å²) in [5.41, 5.74) is 1.32. The lowest BCUT2D eigenvalue weighted by Gasteiger charge is -2.05. The minimum Gasteiger partial charge on any atom is -0.383 e. The first-order valence-electron chi connectivity index (χ1n) is 7.32. The Labute approximate surface area is 138 Å². The number of carbonyl (C=O) groups excluding carboxylic acids is 1. The lowest BCUT2D eigenvalue weighted by Crippen LogP contribution is -2.32. The van der Waals surface area contributed by atoms with E-state index in [1.165, 1.54) is 10.4 Å². The average molecular weight is 335 g/mol. The van der Waals surface area contributed by atoms with E-state index >= 15 is 0 Å². The number of halogens is 1. The molecule has 0 unspecified atom stereocenters. The van der Waals surface area contributed by atoms with Crippen molar-refractivity contribution in [3.8, 4) is 0 Å². The Morgan fingerprint density at radius 2 is 2.05 bits per heavy atom. The van der Waals surface area contributed by atoms with E-state index < -0.39 is 0 Å². The summed E-state index contributed by atoms with van der Waals surface area (Å²) in [5.74, 6) is 0.0422. The van der Waals surface area contributed by atoms with Crippen LogP contribution in [0.4, 0.5) is 0 Å². The second-order valence-corrected chi connectivity index (χ2v) is 5.80. The van der Waals surface area contributed by atoms with E-state index in [-0.39, 0.29) is 18.3 Å². The normalized spacial score (nSPS) is 10.2. The molecule has 1 heterocycles. The van der Waals surface area contributed by atoms with Gasteiger partial charge in [0.25, 0.3) is 5.91 Å². The van der Waals surface area contributed by atoms with Gasteiger partial charge < -0.3 is 15.4 Å². The van der Waals surface area contributed by atoms with E-state index in [1.54, 1.807) is 18.4 Å². The fourth-order valence-electron chi connectivity index (χ4n) is 1.97. The first-order chi connectivity index (χ1) is 9.72. The van der Waals surface area contributed by atoms with Crippen molar-refractivity contribution in [2.45, 2.75) is 33.1 Å². The van der Waals surface area contributed by atoms with Gasteiger partial charge >= 0.3 is 0 Å². The highest BCUT2D eigenvalue weighted by molar-refractivity contribution is 7.14. The third-order valence-corrected chi connectivity index (χ3v) is 4.28. The molecule has 1 aromatic rings. The van der Waals surface area contributed by atoms with Gasteiger partial charge in [-0.15, -0.1) is 23.7 Å². The maximum Gasteiger partial charge on any atom is 0.261 e. The number of thiophene rings is 1. The monoisotopic (exact) mass is 334 g/mol. The van der Waals surface area contributed by atoms with Crippen LogP contribution in [0, 0.1) is 0 Å². The minimum atomic E-state index is 0. The topological polar surface area (TPSA) is 50.4 Å². The average Bonchev–Trinajstić information content (AvgIpc) is 2.86. The lowest BCUT2D eigenvalue weighted by molar-refractivity contribution is 0.0957. The number of aryl methyl sites for hydroxylation is 2. The van der Waals surface area contributed by atoms with E-state index in [0.717, 1.165) is 37.2 Å². The predicted molar refractivity (Wildman–Crippen MR) is 92.0 cm³/mol. The maximum atomic E-state index is 12.1. The molecule has 0 saturated heterocycles.